The van der Waals surface area contributed by atoms with Crippen molar-refractivity contribution >= 4 is 39.7 Å². The number of benzene rings is 1. The fourth-order valence-corrected chi connectivity index (χ4v) is 2.68. The molecule has 98 valence electrons. The number of rotatable bonds is 2. The molecule has 0 atom stereocenters. The van der Waals surface area contributed by atoms with E-state index in [9.17, 15) is 9.59 Å². The summed E-state index contributed by atoms with van der Waals surface area (Å²) < 4.78 is 5.32. The van der Waals surface area contributed by atoms with Crippen LogP contribution in [-0.2, 0) is 0 Å². The van der Waals surface area contributed by atoms with Gasteiger partial charge in [-0.25, -0.2) is 4.79 Å². The monoisotopic (exact) mass is 282 g/mol. The molecule has 0 fully saturated rings. The Morgan fingerprint density at radius 1 is 1.10 bits per heavy atom. The molecule has 1 aromatic heterocycles. The van der Waals surface area contributed by atoms with Crippen molar-refractivity contribution in [3.05, 3.63) is 63.7 Å². The summed E-state index contributed by atoms with van der Waals surface area (Å²) in [5, 5.41) is 2.40. The standard InChI is InChI=1S/C16H10O3S/c1-2-5-10-12(8-20)15-13(14(10)17)9-6-3-4-7-11(9)16(18)19-15/h2-8H,1H3/b5-2-. The third-order valence-electron chi connectivity index (χ3n) is 3.30. The number of allylic oxidation sites excluding steroid dienone is 4. The van der Waals surface area contributed by atoms with Gasteiger partial charge < -0.3 is 4.42 Å². The van der Waals surface area contributed by atoms with Crippen LogP contribution < -0.4 is 5.63 Å². The summed E-state index contributed by atoms with van der Waals surface area (Å²) in [4.78, 5) is 24.5. The van der Waals surface area contributed by atoms with E-state index in [0.29, 0.717) is 27.5 Å². The lowest BCUT2D eigenvalue weighted by atomic mass is 10.0. The largest absolute Gasteiger partial charge is 0.421 e. The highest BCUT2D eigenvalue weighted by atomic mass is 32.1. The summed E-state index contributed by atoms with van der Waals surface area (Å²) >= 11 is 4.97. The SMILES string of the molecule is C/C=C\C1=C(C=S)c2oc(=O)c3ccccc3c2C1=O. The molecule has 3 nitrogen and oxygen atoms in total. The lowest BCUT2D eigenvalue weighted by Crippen LogP contribution is -2.06. The van der Waals surface area contributed by atoms with Crippen LogP contribution in [-0.4, -0.2) is 11.2 Å². The lowest BCUT2D eigenvalue weighted by Gasteiger charge is -2.02. The number of carbonyl (C=O) groups excluding carboxylic acids is 1. The molecule has 0 saturated heterocycles. The van der Waals surface area contributed by atoms with Gasteiger partial charge in [0.2, 0.25) is 0 Å². The topological polar surface area (TPSA) is 47.3 Å². The predicted octanol–water partition coefficient (Wildman–Crippen LogP) is 3.32. The summed E-state index contributed by atoms with van der Waals surface area (Å²) in [6.07, 6.45) is 3.45. The highest BCUT2D eigenvalue weighted by molar-refractivity contribution is 7.79. The molecule has 1 aromatic carbocycles. The molecular weight excluding hydrogens is 272 g/mol. The molecule has 2 aromatic rings. The molecule has 0 saturated carbocycles. The summed E-state index contributed by atoms with van der Waals surface area (Å²) in [6.45, 7) is 1.82. The van der Waals surface area contributed by atoms with Gasteiger partial charge in [0.05, 0.1) is 10.9 Å². The fraction of sp³-hybridized carbons (Fsp3) is 0.0625. The van der Waals surface area contributed by atoms with Crippen molar-refractivity contribution in [1.82, 2.24) is 0 Å². The molecule has 0 N–H and O–H groups in total. The van der Waals surface area contributed by atoms with Crippen LogP contribution in [0.4, 0.5) is 0 Å². The Morgan fingerprint density at radius 3 is 2.45 bits per heavy atom. The van der Waals surface area contributed by atoms with Crippen molar-refractivity contribution in [2.75, 3.05) is 0 Å². The van der Waals surface area contributed by atoms with Crippen molar-refractivity contribution in [2.24, 2.45) is 0 Å². The van der Waals surface area contributed by atoms with Crippen LogP contribution in [0.25, 0.3) is 16.3 Å². The number of ketones is 1. The second-order valence-electron chi connectivity index (χ2n) is 4.41. The molecule has 20 heavy (non-hydrogen) atoms. The first-order valence-corrected chi connectivity index (χ1v) is 6.59. The van der Waals surface area contributed by atoms with Gasteiger partial charge in [-0.15, -0.1) is 0 Å². The van der Waals surface area contributed by atoms with Crippen molar-refractivity contribution in [3.8, 4) is 0 Å². The van der Waals surface area contributed by atoms with E-state index in [0.717, 1.165) is 0 Å². The van der Waals surface area contributed by atoms with E-state index in [1.807, 2.05) is 6.92 Å². The molecule has 4 heteroatoms. The van der Waals surface area contributed by atoms with E-state index in [1.165, 1.54) is 5.37 Å². The lowest BCUT2D eigenvalue weighted by molar-refractivity contribution is 0.104. The van der Waals surface area contributed by atoms with Crippen LogP contribution in [0.1, 0.15) is 23.0 Å². The Bertz CT molecular complexity index is 869. The van der Waals surface area contributed by atoms with Gasteiger partial charge in [0, 0.05) is 21.9 Å². The minimum absolute atomic E-state index is 0.158. The molecule has 1 heterocycles. The second kappa shape index (κ2) is 4.65. The zero-order chi connectivity index (χ0) is 14.3. The summed E-state index contributed by atoms with van der Waals surface area (Å²) in [5.41, 5.74) is 0.936. The van der Waals surface area contributed by atoms with Crippen LogP contribution in [0, 0.1) is 0 Å². The zero-order valence-corrected chi connectivity index (χ0v) is 11.5. The van der Waals surface area contributed by atoms with Crippen LogP contribution in [0.2, 0.25) is 0 Å². The van der Waals surface area contributed by atoms with Crippen molar-refractivity contribution < 1.29 is 9.21 Å². The number of thiocarbonyl (C=S) groups is 1. The zero-order valence-electron chi connectivity index (χ0n) is 10.7. The minimum atomic E-state index is -0.455. The minimum Gasteiger partial charge on any atom is -0.421 e. The molecule has 0 bridgehead atoms. The van der Waals surface area contributed by atoms with Gasteiger partial charge in [0.15, 0.2) is 11.5 Å². The fourth-order valence-electron chi connectivity index (χ4n) is 2.44. The summed E-state index contributed by atoms with van der Waals surface area (Å²) in [7, 11) is 0. The Kier molecular flexibility index (Phi) is 2.95. The first-order valence-electron chi connectivity index (χ1n) is 6.12. The van der Waals surface area contributed by atoms with E-state index >= 15 is 0 Å². The molecule has 0 amide bonds. The molecule has 0 radical (unpaired) electrons. The molecule has 1 aliphatic rings. The smallest absolute Gasteiger partial charge is 0.344 e. The third-order valence-corrected chi connectivity index (χ3v) is 3.53. The van der Waals surface area contributed by atoms with Crippen LogP contribution >= 0.6 is 12.2 Å². The number of fused-ring (bicyclic) bond motifs is 3. The Labute approximate surface area is 120 Å². The first kappa shape index (κ1) is 12.7. The van der Waals surface area contributed by atoms with Gasteiger partial charge >= 0.3 is 5.63 Å². The number of hydrogen-bond acceptors (Lipinski definition) is 4. The second-order valence-corrected chi connectivity index (χ2v) is 4.65. The van der Waals surface area contributed by atoms with E-state index in [4.69, 9.17) is 16.6 Å². The Morgan fingerprint density at radius 2 is 1.80 bits per heavy atom. The molecule has 0 spiro atoms. The van der Waals surface area contributed by atoms with E-state index in [2.05, 4.69) is 0 Å². The summed E-state index contributed by atoms with van der Waals surface area (Å²) in [6, 6.07) is 6.94. The Hall–Kier alpha value is -2.33. The predicted molar refractivity (Wildman–Crippen MR) is 82.2 cm³/mol. The number of carbonyl (C=O) groups is 1. The number of hydrogen-bond donors (Lipinski definition) is 0. The van der Waals surface area contributed by atoms with Crippen LogP contribution in [0.5, 0.6) is 0 Å². The molecule has 0 aliphatic heterocycles. The van der Waals surface area contributed by atoms with Crippen molar-refractivity contribution in [3.63, 3.8) is 0 Å². The number of Topliss-reactive ketones (excluding diaryl/α,β-unsaturated/α-hetero) is 1. The molecule has 0 unspecified atom stereocenters. The highest BCUT2D eigenvalue weighted by Gasteiger charge is 2.32. The molecule has 1 aliphatic carbocycles. The summed E-state index contributed by atoms with van der Waals surface area (Å²) in [5.74, 6) is 0.121. The van der Waals surface area contributed by atoms with Crippen molar-refractivity contribution in [2.45, 2.75) is 6.92 Å². The Balaban J connectivity index is 2.47. The van der Waals surface area contributed by atoms with Crippen LogP contribution in [0.15, 0.2) is 51.2 Å². The maximum absolute atomic E-state index is 12.5. The quantitative estimate of drug-likeness (QED) is 0.793. The van der Waals surface area contributed by atoms with Gasteiger partial charge in [-0.2, -0.15) is 0 Å². The van der Waals surface area contributed by atoms with Gasteiger partial charge in [-0.1, -0.05) is 42.6 Å². The first-order chi connectivity index (χ1) is 9.69. The third kappa shape index (κ3) is 1.62. The maximum atomic E-state index is 12.5. The van der Waals surface area contributed by atoms with Crippen molar-refractivity contribution in [1.29, 1.82) is 0 Å². The average Bonchev–Trinajstić information content (AvgIpc) is 2.72. The highest BCUT2D eigenvalue weighted by Crippen LogP contribution is 2.35. The normalized spacial score (nSPS) is 14.3. The van der Waals surface area contributed by atoms with Gasteiger partial charge in [-0.3, -0.25) is 4.79 Å². The van der Waals surface area contributed by atoms with Gasteiger partial charge in [0.25, 0.3) is 0 Å². The average molecular weight is 282 g/mol. The van der Waals surface area contributed by atoms with Gasteiger partial charge in [-0.05, 0) is 13.0 Å². The van der Waals surface area contributed by atoms with Crippen LogP contribution in [0.3, 0.4) is 0 Å². The van der Waals surface area contributed by atoms with E-state index in [1.54, 1.807) is 36.4 Å². The molecular formula is C16H10O3S. The van der Waals surface area contributed by atoms with E-state index in [-0.39, 0.29) is 11.5 Å². The van der Waals surface area contributed by atoms with Gasteiger partial charge in [0.1, 0.15) is 0 Å². The van der Waals surface area contributed by atoms with E-state index < -0.39 is 5.63 Å². The molecule has 3 rings (SSSR count). The maximum Gasteiger partial charge on any atom is 0.344 e.